The predicted molar refractivity (Wildman–Crippen MR) is 58.7 cm³/mol. The lowest BCUT2D eigenvalue weighted by Gasteiger charge is -2.22. The standard InChI is InChI=1S/C11H11F5N2O/c1-2-18(6-11(14,15)16)10(19)17-7-3-4-8(12)9(13)5-7/h3-5H,2,6H2,1H3,(H,17,19). The van der Waals surface area contributed by atoms with E-state index in [0.717, 1.165) is 12.1 Å². The molecule has 0 saturated carbocycles. The summed E-state index contributed by atoms with van der Waals surface area (Å²) >= 11 is 0. The molecule has 0 unspecified atom stereocenters. The van der Waals surface area contributed by atoms with Crippen LogP contribution in [-0.2, 0) is 0 Å². The van der Waals surface area contributed by atoms with Crippen LogP contribution in [0.1, 0.15) is 6.92 Å². The molecule has 19 heavy (non-hydrogen) atoms. The summed E-state index contributed by atoms with van der Waals surface area (Å²) in [4.78, 5) is 12.0. The molecule has 0 aliphatic carbocycles. The van der Waals surface area contributed by atoms with E-state index in [-0.39, 0.29) is 12.2 Å². The van der Waals surface area contributed by atoms with E-state index in [1.54, 1.807) is 0 Å². The highest BCUT2D eigenvalue weighted by Crippen LogP contribution is 2.18. The molecule has 0 fully saturated rings. The van der Waals surface area contributed by atoms with E-state index in [0.29, 0.717) is 11.0 Å². The summed E-state index contributed by atoms with van der Waals surface area (Å²) in [5.41, 5.74) is -0.121. The van der Waals surface area contributed by atoms with Gasteiger partial charge in [0.1, 0.15) is 6.54 Å². The number of amides is 2. The Morgan fingerprint density at radius 3 is 2.37 bits per heavy atom. The van der Waals surface area contributed by atoms with Crippen molar-refractivity contribution in [3.8, 4) is 0 Å². The molecule has 0 saturated heterocycles. The van der Waals surface area contributed by atoms with Gasteiger partial charge in [-0.25, -0.2) is 13.6 Å². The maximum atomic E-state index is 12.9. The molecule has 2 amide bonds. The number of nitrogens with one attached hydrogen (secondary N) is 1. The average Bonchev–Trinajstić information content (AvgIpc) is 2.29. The number of alkyl halides is 3. The first-order valence-electron chi connectivity index (χ1n) is 5.30. The third-order valence-corrected chi connectivity index (χ3v) is 2.21. The number of hydrogen-bond acceptors (Lipinski definition) is 1. The molecule has 106 valence electrons. The third kappa shape index (κ3) is 4.72. The first-order valence-corrected chi connectivity index (χ1v) is 5.30. The van der Waals surface area contributed by atoms with Gasteiger partial charge in [0.2, 0.25) is 0 Å². The predicted octanol–water partition coefficient (Wildman–Crippen LogP) is 3.38. The zero-order valence-electron chi connectivity index (χ0n) is 9.89. The second kappa shape index (κ2) is 5.85. The molecule has 0 atom stereocenters. The van der Waals surface area contributed by atoms with Gasteiger partial charge in [-0.05, 0) is 19.1 Å². The van der Waals surface area contributed by atoms with Gasteiger partial charge in [-0.1, -0.05) is 0 Å². The normalized spacial score (nSPS) is 11.3. The molecular formula is C11H11F5N2O. The van der Waals surface area contributed by atoms with Crippen molar-refractivity contribution >= 4 is 11.7 Å². The second-order valence-corrected chi connectivity index (χ2v) is 3.69. The van der Waals surface area contributed by atoms with Crippen molar-refractivity contribution in [1.82, 2.24) is 4.90 Å². The number of carbonyl (C=O) groups is 1. The summed E-state index contributed by atoms with van der Waals surface area (Å²) in [6.45, 7) is -0.218. The van der Waals surface area contributed by atoms with Gasteiger partial charge in [-0.15, -0.1) is 0 Å². The van der Waals surface area contributed by atoms with Crippen LogP contribution in [0.5, 0.6) is 0 Å². The molecule has 1 aromatic rings. The van der Waals surface area contributed by atoms with Crippen LogP contribution in [0.4, 0.5) is 32.4 Å². The summed E-state index contributed by atoms with van der Waals surface area (Å²) < 4.78 is 62.0. The number of carbonyl (C=O) groups excluding carboxylic acids is 1. The average molecular weight is 282 g/mol. The number of anilines is 1. The fourth-order valence-electron chi connectivity index (χ4n) is 1.32. The van der Waals surface area contributed by atoms with Crippen LogP contribution in [0, 0.1) is 11.6 Å². The topological polar surface area (TPSA) is 32.3 Å². The smallest absolute Gasteiger partial charge is 0.316 e. The SMILES string of the molecule is CCN(CC(F)(F)F)C(=O)Nc1ccc(F)c(F)c1. The highest BCUT2D eigenvalue weighted by atomic mass is 19.4. The van der Waals surface area contributed by atoms with Gasteiger partial charge in [-0.3, -0.25) is 0 Å². The Kier molecular flexibility index (Phi) is 4.68. The van der Waals surface area contributed by atoms with Crippen molar-refractivity contribution in [3.05, 3.63) is 29.8 Å². The minimum Gasteiger partial charge on any atom is -0.316 e. The van der Waals surface area contributed by atoms with Crippen molar-refractivity contribution in [1.29, 1.82) is 0 Å². The van der Waals surface area contributed by atoms with Crippen molar-refractivity contribution in [3.63, 3.8) is 0 Å². The number of hydrogen-bond donors (Lipinski definition) is 1. The summed E-state index contributed by atoms with van der Waals surface area (Å²) in [5.74, 6) is -2.31. The lowest BCUT2D eigenvalue weighted by atomic mass is 10.3. The molecule has 0 spiro atoms. The summed E-state index contributed by atoms with van der Waals surface area (Å²) in [5, 5.41) is 2.06. The number of rotatable bonds is 3. The van der Waals surface area contributed by atoms with Gasteiger partial charge < -0.3 is 10.2 Å². The maximum absolute atomic E-state index is 12.9. The minimum absolute atomic E-state index is 0.121. The fraction of sp³-hybridized carbons (Fsp3) is 0.364. The number of nitrogens with zero attached hydrogens (tertiary/aromatic N) is 1. The molecule has 0 aliphatic rings. The van der Waals surface area contributed by atoms with Gasteiger partial charge in [0.25, 0.3) is 0 Å². The number of halogens is 5. The van der Waals surface area contributed by atoms with Gasteiger partial charge in [-0.2, -0.15) is 13.2 Å². The van der Waals surface area contributed by atoms with E-state index in [9.17, 15) is 26.7 Å². The molecule has 8 heteroatoms. The Bertz CT molecular complexity index is 461. The maximum Gasteiger partial charge on any atom is 0.406 e. The largest absolute Gasteiger partial charge is 0.406 e. The van der Waals surface area contributed by atoms with E-state index >= 15 is 0 Å². The Hall–Kier alpha value is -1.86. The molecule has 1 aromatic carbocycles. The first-order chi connectivity index (χ1) is 8.73. The lowest BCUT2D eigenvalue weighted by Crippen LogP contribution is -2.41. The van der Waals surface area contributed by atoms with E-state index in [1.165, 1.54) is 6.92 Å². The van der Waals surface area contributed by atoms with Gasteiger partial charge in [0, 0.05) is 18.3 Å². The second-order valence-electron chi connectivity index (χ2n) is 3.69. The molecule has 0 heterocycles. The molecule has 0 radical (unpaired) electrons. The Balaban J connectivity index is 2.74. The summed E-state index contributed by atoms with van der Waals surface area (Å²) in [6.07, 6.45) is -4.53. The van der Waals surface area contributed by atoms with Crippen LogP contribution >= 0.6 is 0 Å². The Morgan fingerprint density at radius 1 is 1.26 bits per heavy atom. The van der Waals surface area contributed by atoms with Crippen molar-refractivity contribution < 1.29 is 26.7 Å². The third-order valence-electron chi connectivity index (χ3n) is 2.21. The van der Waals surface area contributed by atoms with E-state index in [2.05, 4.69) is 5.32 Å². The van der Waals surface area contributed by atoms with E-state index in [1.807, 2.05) is 0 Å². The van der Waals surface area contributed by atoms with Crippen LogP contribution in [0.15, 0.2) is 18.2 Å². The summed E-state index contributed by atoms with van der Waals surface area (Å²) in [6, 6.07) is 1.48. The number of urea groups is 1. The van der Waals surface area contributed by atoms with Crippen LogP contribution < -0.4 is 5.32 Å². The van der Waals surface area contributed by atoms with Crippen LogP contribution in [0.25, 0.3) is 0 Å². The van der Waals surface area contributed by atoms with Crippen LogP contribution in [0.2, 0.25) is 0 Å². The molecule has 0 aromatic heterocycles. The lowest BCUT2D eigenvalue weighted by molar-refractivity contribution is -0.139. The molecule has 0 bridgehead atoms. The van der Waals surface area contributed by atoms with Gasteiger partial charge in [0.15, 0.2) is 11.6 Å². The molecule has 0 aliphatic heterocycles. The number of benzene rings is 1. The Morgan fingerprint density at radius 2 is 1.89 bits per heavy atom. The molecule has 3 nitrogen and oxygen atoms in total. The van der Waals surface area contributed by atoms with Crippen molar-refractivity contribution in [2.75, 3.05) is 18.4 Å². The highest BCUT2D eigenvalue weighted by molar-refractivity contribution is 5.89. The van der Waals surface area contributed by atoms with Crippen LogP contribution in [-0.4, -0.2) is 30.2 Å². The highest BCUT2D eigenvalue weighted by Gasteiger charge is 2.32. The van der Waals surface area contributed by atoms with Crippen LogP contribution in [0.3, 0.4) is 0 Å². The van der Waals surface area contributed by atoms with Gasteiger partial charge in [0.05, 0.1) is 0 Å². The zero-order chi connectivity index (χ0) is 14.6. The van der Waals surface area contributed by atoms with Crippen molar-refractivity contribution in [2.45, 2.75) is 13.1 Å². The van der Waals surface area contributed by atoms with E-state index < -0.39 is 30.4 Å². The summed E-state index contributed by atoms with van der Waals surface area (Å²) in [7, 11) is 0. The molecule has 1 rings (SSSR count). The van der Waals surface area contributed by atoms with E-state index in [4.69, 9.17) is 0 Å². The fourth-order valence-corrected chi connectivity index (χ4v) is 1.32. The molecular weight excluding hydrogens is 271 g/mol. The first kappa shape index (κ1) is 15.2. The quantitative estimate of drug-likeness (QED) is 0.847. The van der Waals surface area contributed by atoms with Crippen molar-refractivity contribution in [2.24, 2.45) is 0 Å². The van der Waals surface area contributed by atoms with Gasteiger partial charge >= 0.3 is 12.2 Å². The zero-order valence-corrected chi connectivity index (χ0v) is 9.89. The Labute approximate surface area is 106 Å². The minimum atomic E-state index is -4.53. The molecule has 1 N–H and O–H groups in total. The monoisotopic (exact) mass is 282 g/mol.